The van der Waals surface area contributed by atoms with E-state index in [1.165, 1.54) is 17.0 Å². The monoisotopic (exact) mass is 351 g/mol. The van der Waals surface area contributed by atoms with E-state index in [1.54, 1.807) is 24.3 Å². The average Bonchev–Trinajstić information content (AvgIpc) is 2.60. The number of benzene rings is 2. The van der Waals surface area contributed by atoms with Crippen molar-refractivity contribution in [1.29, 1.82) is 0 Å². The molecule has 0 saturated carbocycles. The smallest absolute Gasteiger partial charge is 0.416 e. The zero-order valence-electron chi connectivity index (χ0n) is 13.2. The molecule has 2 aromatic rings. The van der Waals surface area contributed by atoms with Gasteiger partial charge in [-0.2, -0.15) is 13.2 Å². The largest absolute Gasteiger partial charge is 0.489 e. The summed E-state index contributed by atoms with van der Waals surface area (Å²) in [5.41, 5.74) is -0.456. The molecule has 1 aliphatic rings. The van der Waals surface area contributed by atoms with Crippen molar-refractivity contribution in [3.8, 4) is 5.75 Å². The van der Waals surface area contributed by atoms with Crippen LogP contribution >= 0.6 is 0 Å². The van der Waals surface area contributed by atoms with Gasteiger partial charge in [-0.05, 0) is 36.8 Å². The molecular weight excluding hydrogens is 335 g/mol. The number of hydrogen-bond donors (Lipinski definition) is 1. The second-order valence-corrected chi connectivity index (χ2v) is 5.70. The predicted molar refractivity (Wildman–Crippen MR) is 85.7 cm³/mol. The summed E-state index contributed by atoms with van der Waals surface area (Å²) in [4.78, 5) is 14.4. The van der Waals surface area contributed by atoms with Gasteiger partial charge in [0.2, 0.25) is 0 Å². The number of nitrogens with zero attached hydrogens (tertiary/aromatic N) is 1. The molecule has 132 valence electrons. The molecule has 0 fully saturated rings. The van der Waals surface area contributed by atoms with Crippen LogP contribution in [0.15, 0.2) is 48.5 Å². The number of aliphatic hydroxyl groups is 1. The Morgan fingerprint density at radius 1 is 1.20 bits per heavy atom. The molecule has 0 spiro atoms. The summed E-state index contributed by atoms with van der Waals surface area (Å²) < 4.78 is 44.4. The third-order valence-corrected chi connectivity index (χ3v) is 4.04. The number of alkyl halides is 3. The summed E-state index contributed by atoms with van der Waals surface area (Å²) in [7, 11) is 0. The van der Waals surface area contributed by atoms with Crippen molar-refractivity contribution in [1.82, 2.24) is 0 Å². The Balaban J connectivity index is 2.01. The van der Waals surface area contributed by atoms with Crippen molar-refractivity contribution in [3.63, 3.8) is 0 Å². The first-order valence-electron chi connectivity index (χ1n) is 7.75. The number of carbonyl (C=O) groups is 1. The summed E-state index contributed by atoms with van der Waals surface area (Å²) in [5, 5.41) is 9.25. The fraction of sp³-hybridized carbons (Fsp3) is 0.278. The molecule has 0 radical (unpaired) electrons. The minimum atomic E-state index is -4.52. The van der Waals surface area contributed by atoms with Gasteiger partial charge < -0.3 is 9.84 Å². The van der Waals surface area contributed by atoms with Gasteiger partial charge in [-0.1, -0.05) is 18.2 Å². The topological polar surface area (TPSA) is 49.8 Å². The molecule has 0 bridgehead atoms. The summed E-state index contributed by atoms with van der Waals surface area (Å²) in [6.45, 7) is 0.00480. The zero-order valence-corrected chi connectivity index (χ0v) is 13.2. The predicted octanol–water partition coefficient (Wildman–Crippen LogP) is 3.50. The van der Waals surface area contributed by atoms with Crippen molar-refractivity contribution in [2.75, 3.05) is 18.1 Å². The summed E-state index contributed by atoms with van der Waals surface area (Å²) >= 11 is 0. The molecule has 0 saturated heterocycles. The number of carbonyl (C=O) groups excluding carboxylic acids is 1. The van der Waals surface area contributed by atoms with Gasteiger partial charge in [0, 0.05) is 12.2 Å². The van der Waals surface area contributed by atoms with E-state index in [1.807, 2.05) is 0 Å². The van der Waals surface area contributed by atoms with Crippen LogP contribution in [0.1, 0.15) is 22.3 Å². The lowest BCUT2D eigenvalue weighted by atomic mass is 10.0. The average molecular weight is 351 g/mol. The molecule has 1 unspecified atom stereocenters. The summed E-state index contributed by atoms with van der Waals surface area (Å²) in [5.74, 6) is -0.0719. The lowest BCUT2D eigenvalue weighted by molar-refractivity contribution is -0.137. The van der Waals surface area contributed by atoms with Crippen LogP contribution in [0.5, 0.6) is 5.75 Å². The Hall–Kier alpha value is -2.54. The number of fused-ring (bicyclic) bond motifs is 1. The Kier molecular flexibility index (Phi) is 4.67. The second kappa shape index (κ2) is 6.76. The number of amides is 1. The number of aliphatic hydroxyl groups excluding tert-OH is 1. The second-order valence-electron chi connectivity index (χ2n) is 5.70. The summed E-state index contributed by atoms with van der Waals surface area (Å²) in [6.07, 6.45) is -4.26. The molecule has 1 amide bonds. The highest BCUT2D eigenvalue weighted by Gasteiger charge is 2.35. The van der Waals surface area contributed by atoms with Crippen molar-refractivity contribution >= 4 is 11.6 Å². The van der Waals surface area contributed by atoms with Gasteiger partial charge in [0.25, 0.3) is 5.91 Å². The first-order valence-corrected chi connectivity index (χ1v) is 7.75. The number of hydrogen-bond acceptors (Lipinski definition) is 3. The SMILES string of the molecule is O=C(c1cccc(C(F)(F)F)c1)N1c2ccccc2OCC1CCO. The third kappa shape index (κ3) is 3.46. The van der Waals surface area contributed by atoms with E-state index in [0.717, 1.165) is 12.1 Å². The van der Waals surface area contributed by atoms with Gasteiger partial charge in [0.05, 0.1) is 17.3 Å². The zero-order chi connectivity index (χ0) is 18.0. The Bertz CT molecular complexity index is 776. The van der Waals surface area contributed by atoms with Crippen LogP contribution in [-0.2, 0) is 6.18 Å². The molecule has 1 atom stereocenters. The summed E-state index contributed by atoms with van der Waals surface area (Å²) in [6, 6.07) is 10.7. The maximum atomic E-state index is 12.9. The first-order chi connectivity index (χ1) is 11.9. The van der Waals surface area contributed by atoms with E-state index in [2.05, 4.69) is 0 Å². The van der Waals surface area contributed by atoms with Gasteiger partial charge in [0.15, 0.2) is 0 Å². The van der Waals surface area contributed by atoms with Crippen molar-refractivity contribution in [3.05, 3.63) is 59.7 Å². The van der Waals surface area contributed by atoms with E-state index in [4.69, 9.17) is 4.74 Å². The quantitative estimate of drug-likeness (QED) is 0.921. The molecule has 3 rings (SSSR count). The molecule has 0 aliphatic carbocycles. The minimum Gasteiger partial charge on any atom is -0.489 e. The normalized spacial score (nSPS) is 17.0. The number of para-hydroxylation sites is 2. The molecule has 2 aromatic carbocycles. The van der Waals surface area contributed by atoms with Gasteiger partial charge in [-0.25, -0.2) is 0 Å². The highest BCUT2D eigenvalue weighted by Crippen LogP contribution is 2.36. The van der Waals surface area contributed by atoms with Gasteiger partial charge in [0.1, 0.15) is 12.4 Å². The molecule has 4 nitrogen and oxygen atoms in total. The number of anilines is 1. The third-order valence-electron chi connectivity index (χ3n) is 4.04. The number of rotatable bonds is 3. The van der Waals surface area contributed by atoms with E-state index in [0.29, 0.717) is 11.4 Å². The van der Waals surface area contributed by atoms with Crippen molar-refractivity contribution in [2.45, 2.75) is 18.6 Å². The van der Waals surface area contributed by atoms with Crippen LogP contribution in [0.25, 0.3) is 0 Å². The van der Waals surface area contributed by atoms with Gasteiger partial charge in [-0.15, -0.1) is 0 Å². The van der Waals surface area contributed by atoms with Gasteiger partial charge >= 0.3 is 6.18 Å². The highest BCUT2D eigenvalue weighted by atomic mass is 19.4. The van der Waals surface area contributed by atoms with Crippen LogP contribution in [0.3, 0.4) is 0 Å². The Labute approximate surface area is 142 Å². The van der Waals surface area contributed by atoms with E-state index < -0.39 is 23.7 Å². The molecule has 7 heteroatoms. The standard InChI is InChI=1S/C18H16F3NO3/c19-18(20,21)13-5-3-4-12(10-13)17(24)22-14(8-9-23)11-25-16-7-2-1-6-15(16)22/h1-7,10,14,23H,8-9,11H2. The van der Waals surface area contributed by atoms with Crippen LogP contribution in [-0.4, -0.2) is 30.3 Å². The maximum Gasteiger partial charge on any atom is 0.416 e. The Morgan fingerprint density at radius 3 is 2.68 bits per heavy atom. The van der Waals surface area contributed by atoms with Crippen LogP contribution in [0.2, 0.25) is 0 Å². The van der Waals surface area contributed by atoms with Crippen LogP contribution in [0, 0.1) is 0 Å². The van der Waals surface area contributed by atoms with Crippen LogP contribution in [0.4, 0.5) is 18.9 Å². The van der Waals surface area contributed by atoms with Crippen molar-refractivity contribution < 1.29 is 27.8 Å². The fourth-order valence-corrected chi connectivity index (χ4v) is 2.84. The first kappa shape index (κ1) is 17.3. The van der Waals surface area contributed by atoms with E-state index in [-0.39, 0.29) is 25.2 Å². The maximum absolute atomic E-state index is 12.9. The minimum absolute atomic E-state index is 0.0607. The van der Waals surface area contributed by atoms with Crippen LogP contribution < -0.4 is 9.64 Å². The molecule has 1 heterocycles. The number of halogens is 3. The van der Waals surface area contributed by atoms with E-state index in [9.17, 15) is 23.1 Å². The molecule has 25 heavy (non-hydrogen) atoms. The lowest BCUT2D eigenvalue weighted by Crippen LogP contribution is -2.47. The lowest BCUT2D eigenvalue weighted by Gasteiger charge is -2.37. The molecular formula is C18H16F3NO3. The van der Waals surface area contributed by atoms with E-state index >= 15 is 0 Å². The van der Waals surface area contributed by atoms with Crippen molar-refractivity contribution in [2.24, 2.45) is 0 Å². The molecule has 1 N–H and O–H groups in total. The molecule has 0 aromatic heterocycles. The Morgan fingerprint density at radius 2 is 1.96 bits per heavy atom. The highest BCUT2D eigenvalue weighted by molar-refractivity contribution is 6.07. The molecule has 1 aliphatic heterocycles. The number of ether oxygens (including phenoxy) is 1. The fourth-order valence-electron chi connectivity index (χ4n) is 2.84. The van der Waals surface area contributed by atoms with Gasteiger partial charge in [-0.3, -0.25) is 9.69 Å².